The molecule has 2 aromatic rings. The molecule has 0 bridgehead atoms. The van der Waals surface area contributed by atoms with E-state index in [2.05, 4.69) is 5.32 Å². The third-order valence-corrected chi connectivity index (χ3v) is 5.12. The average Bonchev–Trinajstić information content (AvgIpc) is 2.54. The molecule has 1 amide bonds. The molecular formula is C17H15F3N2O5S. The number of nitrogens with one attached hydrogen (secondary N) is 2. The Morgan fingerprint density at radius 2 is 1.71 bits per heavy atom. The van der Waals surface area contributed by atoms with Crippen LogP contribution in [0, 0.1) is 6.92 Å². The van der Waals surface area contributed by atoms with Crippen molar-refractivity contribution in [3.63, 3.8) is 0 Å². The number of hydrogen-bond donors (Lipinski definition) is 3. The van der Waals surface area contributed by atoms with Crippen molar-refractivity contribution in [2.45, 2.75) is 24.9 Å². The van der Waals surface area contributed by atoms with E-state index in [1.807, 2.05) is 4.72 Å². The van der Waals surface area contributed by atoms with Crippen LogP contribution in [0.15, 0.2) is 41.3 Å². The number of benzene rings is 2. The Hall–Kier alpha value is -3.08. The van der Waals surface area contributed by atoms with Gasteiger partial charge in [-0.2, -0.15) is 13.2 Å². The molecule has 0 heterocycles. The molecular weight excluding hydrogens is 401 g/mol. The van der Waals surface area contributed by atoms with Gasteiger partial charge in [0.05, 0.1) is 21.7 Å². The van der Waals surface area contributed by atoms with Crippen LogP contribution in [0.3, 0.4) is 0 Å². The van der Waals surface area contributed by atoms with E-state index >= 15 is 0 Å². The number of hydrogen-bond acceptors (Lipinski definition) is 4. The molecule has 0 radical (unpaired) electrons. The van der Waals surface area contributed by atoms with Crippen molar-refractivity contribution >= 4 is 33.3 Å². The molecule has 2 aromatic carbocycles. The number of rotatable bonds is 5. The fourth-order valence-electron chi connectivity index (χ4n) is 2.37. The Bertz CT molecular complexity index is 1050. The minimum Gasteiger partial charge on any atom is -0.478 e. The van der Waals surface area contributed by atoms with Crippen molar-refractivity contribution in [1.82, 2.24) is 0 Å². The van der Waals surface area contributed by atoms with Crippen molar-refractivity contribution in [2.75, 3.05) is 10.0 Å². The van der Waals surface area contributed by atoms with Gasteiger partial charge in [-0.05, 0) is 42.8 Å². The molecule has 3 N–H and O–H groups in total. The average molecular weight is 416 g/mol. The summed E-state index contributed by atoms with van der Waals surface area (Å²) in [4.78, 5) is 21.6. The number of carbonyl (C=O) groups excluding carboxylic acids is 1. The first-order valence-corrected chi connectivity index (χ1v) is 9.15. The van der Waals surface area contributed by atoms with Gasteiger partial charge in [0.1, 0.15) is 0 Å². The van der Waals surface area contributed by atoms with E-state index in [0.717, 1.165) is 25.1 Å². The van der Waals surface area contributed by atoms with Crippen LogP contribution in [0.5, 0.6) is 0 Å². The molecule has 11 heteroatoms. The summed E-state index contributed by atoms with van der Waals surface area (Å²) in [6.07, 6.45) is -4.91. The van der Waals surface area contributed by atoms with Crippen LogP contribution in [0.25, 0.3) is 0 Å². The lowest BCUT2D eigenvalue weighted by Crippen LogP contribution is -2.19. The van der Waals surface area contributed by atoms with E-state index < -0.39 is 44.2 Å². The summed E-state index contributed by atoms with van der Waals surface area (Å²) in [5.41, 5.74) is -2.41. The van der Waals surface area contributed by atoms with E-state index in [0.29, 0.717) is 6.07 Å². The van der Waals surface area contributed by atoms with Crippen molar-refractivity contribution in [2.24, 2.45) is 0 Å². The Labute approximate surface area is 158 Å². The predicted molar refractivity (Wildman–Crippen MR) is 94.7 cm³/mol. The zero-order valence-electron chi connectivity index (χ0n) is 14.6. The van der Waals surface area contributed by atoms with Crippen LogP contribution < -0.4 is 10.0 Å². The number of alkyl halides is 3. The predicted octanol–water partition coefficient (Wildman–Crippen LogP) is 3.47. The zero-order chi connectivity index (χ0) is 21.3. The van der Waals surface area contributed by atoms with Gasteiger partial charge in [-0.1, -0.05) is 6.07 Å². The smallest absolute Gasteiger partial charge is 0.418 e. The SMILES string of the molecule is CC(=O)Nc1ccc(NS(=O)(=O)c2cc(C(=O)O)ccc2C)c(C(F)(F)F)c1. The van der Waals surface area contributed by atoms with Gasteiger partial charge in [-0.15, -0.1) is 0 Å². The number of aryl methyl sites for hydroxylation is 1. The number of carbonyl (C=O) groups is 2. The van der Waals surface area contributed by atoms with Crippen LogP contribution in [0.2, 0.25) is 0 Å². The summed E-state index contributed by atoms with van der Waals surface area (Å²) in [5.74, 6) is -1.98. The minimum atomic E-state index is -4.91. The first-order chi connectivity index (χ1) is 12.8. The standard InChI is InChI=1S/C17H15F3N2O5S/c1-9-3-4-11(16(24)25)7-15(9)28(26,27)22-14-6-5-12(21-10(2)23)8-13(14)17(18,19)20/h3-8,22H,1-2H3,(H,21,23)(H,24,25). The van der Waals surface area contributed by atoms with Crippen LogP contribution in [0.1, 0.15) is 28.4 Å². The molecule has 0 fully saturated rings. The topological polar surface area (TPSA) is 113 Å². The third kappa shape index (κ3) is 4.80. The second-order valence-electron chi connectivity index (χ2n) is 5.83. The minimum absolute atomic E-state index is 0.154. The lowest BCUT2D eigenvalue weighted by Gasteiger charge is -2.17. The fourth-order valence-corrected chi connectivity index (χ4v) is 3.72. The van der Waals surface area contributed by atoms with Crippen molar-refractivity contribution in [1.29, 1.82) is 0 Å². The number of sulfonamides is 1. The molecule has 28 heavy (non-hydrogen) atoms. The van der Waals surface area contributed by atoms with Crippen LogP contribution in [0.4, 0.5) is 24.5 Å². The van der Waals surface area contributed by atoms with Crippen LogP contribution >= 0.6 is 0 Å². The monoisotopic (exact) mass is 416 g/mol. The molecule has 0 aliphatic carbocycles. The van der Waals surface area contributed by atoms with Gasteiger partial charge in [0.15, 0.2) is 0 Å². The van der Waals surface area contributed by atoms with Crippen LogP contribution in [-0.4, -0.2) is 25.4 Å². The molecule has 0 spiro atoms. The third-order valence-electron chi connectivity index (χ3n) is 3.61. The maximum absolute atomic E-state index is 13.4. The number of carboxylic acid groups (broad SMARTS) is 1. The second kappa shape index (κ2) is 7.50. The van der Waals surface area contributed by atoms with Gasteiger partial charge in [0.2, 0.25) is 5.91 Å². The summed E-state index contributed by atoms with van der Waals surface area (Å²) < 4.78 is 67.1. The summed E-state index contributed by atoms with van der Waals surface area (Å²) in [7, 11) is -4.52. The van der Waals surface area contributed by atoms with Crippen molar-refractivity contribution < 1.29 is 36.3 Å². The molecule has 0 saturated carbocycles. The highest BCUT2D eigenvalue weighted by atomic mass is 32.2. The zero-order valence-corrected chi connectivity index (χ0v) is 15.4. The van der Waals surface area contributed by atoms with Gasteiger partial charge in [-0.3, -0.25) is 9.52 Å². The molecule has 2 rings (SSSR count). The van der Waals surface area contributed by atoms with Gasteiger partial charge in [0.25, 0.3) is 10.0 Å². The summed E-state index contributed by atoms with van der Waals surface area (Å²) in [6.45, 7) is 2.49. The molecule has 0 unspecified atom stereocenters. The Morgan fingerprint density at radius 1 is 1.07 bits per heavy atom. The number of carboxylic acids is 1. The lowest BCUT2D eigenvalue weighted by atomic mass is 10.1. The first kappa shape index (κ1) is 21.2. The molecule has 0 saturated heterocycles. The first-order valence-electron chi connectivity index (χ1n) is 7.67. The van der Waals surface area contributed by atoms with Gasteiger partial charge in [0, 0.05) is 12.6 Å². The molecule has 0 aromatic heterocycles. The van der Waals surface area contributed by atoms with E-state index in [1.165, 1.54) is 19.1 Å². The molecule has 0 aliphatic heterocycles. The maximum atomic E-state index is 13.4. The number of amides is 1. The molecule has 150 valence electrons. The number of aromatic carboxylic acids is 1. The van der Waals surface area contributed by atoms with E-state index in [-0.39, 0.29) is 16.8 Å². The van der Waals surface area contributed by atoms with Gasteiger partial charge < -0.3 is 10.4 Å². The lowest BCUT2D eigenvalue weighted by molar-refractivity contribution is -0.136. The van der Waals surface area contributed by atoms with E-state index in [1.54, 1.807) is 0 Å². The van der Waals surface area contributed by atoms with Gasteiger partial charge >= 0.3 is 12.1 Å². The summed E-state index contributed by atoms with van der Waals surface area (Å²) in [5, 5.41) is 11.2. The number of halogens is 3. The normalized spacial score (nSPS) is 11.8. The highest BCUT2D eigenvalue weighted by Gasteiger charge is 2.35. The number of anilines is 2. The quantitative estimate of drug-likeness (QED) is 0.691. The maximum Gasteiger partial charge on any atom is 0.418 e. The highest BCUT2D eigenvalue weighted by Crippen LogP contribution is 2.37. The van der Waals surface area contributed by atoms with Gasteiger partial charge in [-0.25, -0.2) is 13.2 Å². The van der Waals surface area contributed by atoms with Crippen LogP contribution in [-0.2, 0) is 21.0 Å². The van der Waals surface area contributed by atoms with E-state index in [4.69, 9.17) is 5.11 Å². The Morgan fingerprint density at radius 3 is 2.25 bits per heavy atom. The Kier molecular flexibility index (Phi) is 5.69. The second-order valence-corrected chi connectivity index (χ2v) is 7.48. The molecule has 0 atom stereocenters. The highest BCUT2D eigenvalue weighted by molar-refractivity contribution is 7.92. The molecule has 0 aliphatic rings. The Balaban J connectivity index is 2.53. The largest absolute Gasteiger partial charge is 0.478 e. The summed E-state index contributed by atoms with van der Waals surface area (Å²) in [6, 6.07) is 5.85. The van der Waals surface area contributed by atoms with E-state index in [9.17, 15) is 31.2 Å². The summed E-state index contributed by atoms with van der Waals surface area (Å²) >= 11 is 0. The van der Waals surface area contributed by atoms with Crippen molar-refractivity contribution in [3.05, 3.63) is 53.1 Å². The molecule has 7 nitrogen and oxygen atoms in total. The van der Waals surface area contributed by atoms with Crippen molar-refractivity contribution in [3.8, 4) is 0 Å². The fraction of sp³-hybridized carbons (Fsp3) is 0.176.